The van der Waals surface area contributed by atoms with Gasteiger partial charge in [0.1, 0.15) is 12.4 Å². The average Bonchev–Trinajstić information content (AvgIpc) is 2.50. The van der Waals surface area contributed by atoms with Crippen molar-refractivity contribution in [1.82, 2.24) is 5.32 Å². The highest BCUT2D eigenvalue weighted by molar-refractivity contribution is 5.94. The molecule has 3 nitrogen and oxygen atoms in total. The zero-order chi connectivity index (χ0) is 14.8. The van der Waals surface area contributed by atoms with Crippen LogP contribution in [0.1, 0.15) is 15.9 Å². The summed E-state index contributed by atoms with van der Waals surface area (Å²) in [6.07, 6.45) is 0.644. The predicted molar refractivity (Wildman–Crippen MR) is 73.3 cm³/mol. The molecule has 0 aromatic heterocycles. The Kier molecular flexibility index (Phi) is 3.56. The molecular weight excluding hydrogens is 276 g/mol. The monoisotopic (exact) mass is 289 g/mol. The fourth-order valence-corrected chi connectivity index (χ4v) is 2.33. The highest BCUT2D eigenvalue weighted by Crippen LogP contribution is 2.24. The van der Waals surface area contributed by atoms with Crippen LogP contribution in [0.3, 0.4) is 0 Å². The summed E-state index contributed by atoms with van der Waals surface area (Å²) in [6, 6.07) is 10.5. The van der Waals surface area contributed by atoms with Gasteiger partial charge in [0.05, 0.1) is 6.04 Å². The van der Waals surface area contributed by atoms with E-state index in [9.17, 15) is 13.6 Å². The summed E-state index contributed by atoms with van der Waals surface area (Å²) in [5.74, 6) is -1.63. The summed E-state index contributed by atoms with van der Waals surface area (Å²) in [6.45, 7) is 0.354. The standard InChI is InChI=1S/C16H13F2NO2/c17-13-6-5-11(8-14(13)18)16(20)19-12-7-10-3-1-2-4-15(10)21-9-12/h1-6,8,12H,7,9H2,(H,19,20). The number of carbonyl (C=O) groups excluding carboxylic acids is 1. The van der Waals surface area contributed by atoms with E-state index in [2.05, 4.69) is 5.32 Å². The largest absolute Gasteiger partial charge is 0.491 e. The summed E-state index contributed by atoms with van der Waals surface area (Å²) >= 11 is 0. The maximum absolute atomic E-state index is 13.1. The van der Waals surface area contributed by atoms with E-state index in [1.807, 2.05) is 24.3 Å². The maximum atomic E-state index is 13.1. The van der Waals surface area contributed by atoms with E-state index in [0.717, 1.165) is 23.4 Å². The van der Waals surface area contributed by atoms with Crippen molar-refractivity contribution in [3.8, 4) is 5.75 Å². The molecule has 5 heteroatoms. The van der Waals surface area contributed by atoms with Crippen LogP contribution in [0.15, 0.2) is 42.5 Å². The molecule has 0 radical (unpaired) electrons. The fraction of sp³-hybridized carbons (Fsp3) is 0.188. The number of para-hydroxylation sites is 1. The van der Waals surface area contributed by atoms with Crippen molar-refractivity contribution in [2.45, 2.75) is 12.5 Å². The number of ether oxygens (including phenoxy) is 1. The number of nitrogens with one attached hydrogen (secondary N) is 1. The number of hydrogen-bond acceptors (Lipinski definition) is 2. The molecule has 1 heterocycles. The molecule has 3 rings (SSSR count). The van der Waals surface area contributed by atoms with Crippen LogP contribution in [0.5, 0.6) is 5.75 Å². The van der Waals surface area contributed by atoms with Crippen molar-refractivity contribution >= 4 is 5.91 Å². The number of fused-ring (bicyclic) bond motifs is 1. The van der Waals surface area contributed by atoms with Gasteiger partial charge in [-0.1, -0.05) is 18.2 Å². The fourth-order valence-electron chi connectivity index (χ4n) is 2.33. The van der Waals surface area contributed by atoms with Gasteiger partial charge in [-0.05, 0) is 36.2 Å². The first kappa shape index (κ1) is 13.5. The minimum Gasteiger partial charge on any atom is -0.491 e. The lowest BCUT2D eigenvalue weighted by molar-refractivity contribution is 0.0915. The van der Waals surface area contributed by atoms with E-state index >= 15 is 0 Å². The second kappa shape index (κ2) is 5.52. The highest BCUT2D eigenvalue weighted by Gasteiger charge is 2.21. The van der Waals surface area contributed by atoms with E-state index in [-0.39, 0.29) is 11.6 Å². The lowest BCUT2D eigenvalue weighted by Crippen LogP contribution is -2.42. The van der Waals surface area contributed by atoms with Crippen molar-refractivity contribution < 1.29 is 18.3 Å². The third-order valence-electron chi connectivity index (χ3n) is 3.40. The van der Waals surface area contributed by atoms with Gasteiger partial charge in [0.2, 0.25) is 0 Å². The minimum absolute atomic E-state index is 0.0905. The smallest absolute Gasteiger partial charge is 0.251 e. The van der Waals surface area contributed by atoms with Gasteiger partial charge in [-0.15, -0.1) is 0 Å². The lowest BCUT2D eigenvalue weighted by atomic mass is 10.0. The third-order valence-corrected chi connectivity index (χ3v) is 3.40. The molecule has 0 saturated heterocycles. The van der Waals surface area contributed by atoms with Crippen LogP contribution in [0.2, 0.25) is 0 Å². The van der Waals surface area contributed by atoms with Crippen molar-refractivity contribution in [2.24, 2.45) is 0 Å². The molecule has 0 bridgehead atoms. The Hall–Kier alpha value is -2.43. The van der Waals surface area contributed by atoms with Crippen LogP contribution in [0, 0.1) is 11.6 Å². The van der Waals surface area contributed by atoms with Crippen molar-refractivity contribution in [2.75, 3.05) is 6.61 Å². The number of benzene rings is 2. The topological polar surface area (TPSA) is 38.3 Å². The summed E-state index contributed by atoms with van der Waals surface area (Å²) < 4.78 is 31.6. The summed E-state index contributed by atoms with van der Waals surface area (Å²) in [4.78, 5) is 12.0. The Morgan fingerprint density at radius 3 is 2.76 bits per heavy atom. The van der Waals surface area contributed by atoms with Gasteiger partial charge in [-0.25, -0.2) is 8.78 Å². The molecule has 0 saturated carbocycles. The van der Waals surface area contributed by atoms with Crippen LogP contribution >= 0.6 is 0 Å². The van der Waals surface area contributed by atoms with Gasteiger partial charge in [0, 0.05) is 5.56 Å². The van der Waals surface area contributed by atoms with Crippen LogP contribution in [-0.4, -0.2) is 18.6 Å². The molecular formula is C16H13F2NO2. The van der Waals surface area contributed by atoms with Crippen molar-refractivity contribution in [3.63, 3.8) is 0 Å². The van der Waals surface area contributed by atoms with Crippen molar-refractivity contribution in [1.29, 1.82) is 0 Å². The highest BCUT2D eigenvalue weighted by atomic mass is 19.2. The van der Waals surface area contributed by atoms with Crippen LogP contribution in [-0.2, 0) is 6.42 Å². The summed E-state index contributed by atoms with van der Waals surface area (Å²) in [7, 11) is 0. The SMILES string of the molecule is O=C(NC1COc2ccccc2C1)c1ccc(F)c(F)c1. The van der Waals surface area contributed by atoms with Crippen LogP contribution < -0.4 is 10.1 Å². The molecule has 1 atom stereocenters. The quantitative estimate of drug-likeness (QED) is 0.923. The second-order valence-corrected chi connectivity index (χ2v) is 4.92. The Morgan fingerprint density at radius 2 is 1.95 bits per heavy atom. The lowest BCUT2D eigenvalue weighted by Gasteiger charge is -2.26. The Bertz CT molecular complexity index is 688. The molecule has 0 spiro atoms. The van der Waals surface area contributed by atoms with E-state index in [4.69, 9.17) is 4.74 Å². The van der Waals surface area contributed by atoms with Crippen LogP contribution in [0.4, 0.5) is 8.78 Å². The molecule has 1 aliphatic rings. The third kappa shape index (κ3) is 2.86. The zero-order valence-corrected chi connectivity index (χ0v) is 11.1. The van der Waals surface area contributed by atoms with Gasteiger partial charge >= 0.3 is 0 Å². The molecule has 2 aromatic carbocycles. The number of rotatable bonds is 2. The molecule has 108 valence electrons. The van der Waals surface area contributed by atoms with Gasteiger partial charge in [0.15, 0.2) is 11.6 Å². The molecule has 1 aliphatic heterocycles. The van der Waals surface area contributed by atoms with Gasteiger partial charge < -0.3 is 10.1 Å². The minimum atomic E-state index is -1.03. The van der Waals surface area contributed by atoms with Crippen molar-refractivity contribution in [3.05, 3.63) is 65.2 Å². The summed E-state index contributed by atoms with van der Waals surface area (Å²) in [5, 5.41) is 2.77. The predicted octanol–water partition coefficient (Wildman–Crippen LogP) is 2.70. The molecule has 0 fully saturated rings. The first-order valence-electron chi connectivity index (χ1n) is 6.60. The Labute approximate surface area is 120 Å². The molecule has 21 heavy (non-hydrogen) atoms. The van der Waals surface area contributed by atoms with E-state index in [1.165, 1.54) is 6.07 Å². The summed E-state index contributed by atoms with van der Waals surface area (Å²) in [5.41, 5.74) is 1.10. The Morgan fingerprint density at radius 1 is 1.14 bits per heavy atom. The van der Waals surface area contributed by atoms with E-state index in [1.54, 1.807) is 0 Å². The molecule has 0 aliphatic carbocycles. The normalized spacial score (nSPS) is 16.8. The molecule has 1 unspecified atom stereocenters. The number of hydrogen-bond donors (Lipinski definition) is 1. The molecule has 1 amide bonds. The number of halogens is 2. The van der Waals surface area contributed by atoms with Crippen LogP contribution in [0.25, 0.3) is 0 Å². The first-order valence-corrected chi connectivity index (χ1v) is 6.60. The maximum Gasteiger partial charge on any atom is 0.251 e. The number of carbonyl (C=O) groups is 1. The number of amides is 1. The Balaban J connectivity index is 1.70. The van der Waals surface area contributed by atoms with E-state index in [0.29, 0.717) is 13.0 Å². The van der Waals surface area contributed by atoms with Gasteiger partial charge in [0.25, 0.3) is 5.91 Å². The van der Waals surface area contributed by atoms with Gasteiger partial charge in [-0.2, -0.15) is 0 Å². The zero-order valence-electron chi connectivity index (χ0n) is 11.1. The second-order valence-electron chi connectivity index (χ2n) is 4.92. The average molecular weight is 289 g/mol. The first-order chi connectivity index (χ1) is 10.1. The van der Waals surface area contributed by atoms with Gasteiger partial charge in [-0.3, -0.25) is 4.79 Å². The molecule has 2 aromatic rings. The van der Waals surface area contributed by atoms with E-state index < -0.39 is 17.5 Å². The molecule has 1 N–H and O–H groups in total.